The molecule has 1 heterocycles. The Balaban J connectivity index is 2.42. The molecule has 0 aromatic rings. The molecule has 0 aromatic carbocycles. The highest BCUT2D eigenvalue weighted by molar-refractivity contribution is 7.99. The van der Waals surface area contributed by atoms with Crippen LogP contribution in [0.4, 0.5) is 0 Å². The zero-order chi connectivity index (χ0) is 11.3. The maximum atomic E-state index is 11.7. The molecule has 4 nitrogen and oxygen atoms in total. The molecule has 1 atom stereocenters. The Morgan fingerprint density at radius 2 is 2.07 bits per heavy atom. The van der Waals surface area contributed by atoms with E-state index < -0.39 is 12.0 Å². The summed E-state index contributed by atoms with van der Waals surface area (Å²) in [5.74, 6) is 0.976. The molecule has 1 rings (SSSR count). The Kier molecular flexibility index (Phi) is 4.94. The Labute approximate surface area is 93.8 Å². The van der Waals surface area contributed by atoms with Gasteiger partial charge in [-0.3, -0.25) is 4.79 Å². The lowest BCUT2D eigenvalue weighted by Crippen LogP contribution is -2.43. The summed E-state index contributed by atoms with van der Waals surface area (Å²) in [7, 11) is 0. The van der Waals surface area contributed by atoms with E-state index in [2.05, 4.69) is 5.32 Å². The van der Waals surface area contributed by atoms with Crippen LogP contribution in [0.25, 0.3) is 0 Å². The SMILES string of the molecule is CCC(NC(=O)C1CCSCC1)C(=O)O. The first-order chi connectivity index (χ1) is 7.15. The largest absolute Gasteiger partial charge is 0.480 e. The van der Waals surface area contributed by atoms with Crippen molar-refractivity contribution in [2.75, 3.05) is 11.5 Å². The first kappa shape index (κ1) is 12.4. The normalized spacial score (nSPS) is 19.5. The minimum atomic E-state index is -0.948. The monoisotopic (exact) mass is 231 g/mol. The van der Waals surface area contributed by atoms with Gasteiger partial charge in [0.05, 0.1) is 0 Å². The van der Waals surface area contributed by atoms with E-state index in [1.807, 2.05) is 11.8 Å². The van der Waals surface area contributed by atoms with Gasteiger partial charge in [-0.1, -0.05) is 6.92 Å². The van der Waals surface area contributed by atoms with Crippen LogP contribution >= 0.6 is 11.8 Å². The molecule has 0 bridgehead atoms. The third-order valence-corrected chi connectivity index (χ3v) is 3.66. The molecule has 0 saturated carbocycles. The van der Waals surface area contributed by atoms with Crippen LogP contribution in [0.1, 0.15) is 26.2 Å². The van der Waals surface area contributed by atoms with Gasteiger partial charge in [-0.05, 0) is 30.8 Å². The first-order valence-corrected chi connectivity index (χ1v) is 6.41. The van der Waals surface area contributed by atoms with E-state index in [-0.39, 0.29) is 11.8 Å². The summed E-state index contributed by atoms with van der Waals surface area (Å²) in [5, 5.41) is 11.4. The lowest BCUT2D eigenvalue weighted by molar-refractivity contribution is -0.142. The average Bonchev–Trinajstić information content (AvgIpc) is 2.26. The molecule has 86 valence electrons. The lowest BCUT2D eigenvalue weighted by atomic mass is 10.0. The summed E-state index contributed by atoms with van der Waals surface area (Å²) in [4.78, 5) is 22.4. The van der Waals surface area contributed by atoms with Gasteiger partial charge in [0.1, 0.15) is 6.04 Å². The van der Waals surface area contributed by atoms with Gasteiger partial charge in [-0.15, -0.1) is 0 Å². The van der Waals surface area contributed by atoms with Crippen molar-refractivity contribution in [1.82, 2.24) is 5.32 Å². The van der Waals surface area contributed by atoms with Gasteiger partial charge in [-0.2, -0.15) is 11.8 Å². The molecule has 0 aromatic heterocycles. The molecule has 1 amide bonds. The number of thioether (sulfide) groups is 1. The van der Waals surface area contributed by atoms with E-state index in [1.54, 1.807) is 6.92 Å². The van der Waals surface area contributed by atoms with E-state index in [4.69, 9.17) is 5.11 Å². The molecule has 0 radical (unpaired) electrons. The van der Waals surface area contributed by atoms with Gasteiger partial charge < -0.3 is 10.4 Å². The predicted molar refractivity (Wildman–Crippen MR) is 59.9 cm³/mol. The molecular weight excluding hydrogens is 214 g/mol. The maximum absolute atomic E-state index is 11.7. The van der Waals surface area contributed by atoms with E-state index in [1.165, 1.54) is 0 Å². The number of aliphatic carboxylic acids is 1. The van der Waals surface area contributed by atoms with Crippen molar-refractivity contribution in [3.05, 3.63) is 0 Å². The van der Waals surface area contributed by atoms with Crippen LogP contribution < -0.4 is 5.32 Å². The van der Waals surface area contributed by atoms with Crippen molar-refractivity contribution >= 4 is 23.6 Å². The number of hydrogen-bond acceptors (Lipinski definition) is 3. The Morgan fingerprint density at radius 3 is 2.53 bits per heavy atom. The highest BCUT2D eigenvalue weighted by atomic mass is 32.2. The Bertz CT molecular complexity index is 239. The summed E-state index contributed by atoms with van der Waals surface area (Å²) < 4.78 is 0. The molecule has 1 aliphatic heterocycles. The molecule has 0 spiro atoms. The number of carbonyl (C=O) groups is 2. The number of rotatable bonds is 4. The van der Waals surface area contributed by atoms with Crippen molar-refractivity contribution in [1.29, 1.82) is 0 Å². The smallest absolute Gasteiger partial charge is 0.326 e. The molecule has 1 saturated heterocycles. The third-order valence-electron chi connectivity index (χ3n) is 2.61. The molecule has 0 aliphatic carbocycles. The van der Waals surface area contributed by atoms with Crippen LogP contribution in [-0.2, 0) is 9.59 Å². The fraction of sp³-hybridized carbons (Fsp3) is 0.800. The lowest BCUT2D eigenvalue weighted by Gasteiger charge is -2.22. The molecule has 1 aliphatic rings. The van der Waals surface area contributed by atoms with Crippen LogP contribution in [0.5, 0.6) is 0 Å². The second-order valence-corrected chi connectivity index (χ2v) is 4.92. The van der Waals surface area contributed by atoms with Crippen molar-refractivity contribution < 1.29 is 14.7 Å². The number of hydrogen-bond donors (Lipinski definition) is 2. The minimum absolute atomic E-state index is 0.0136. The number of carbonyl (C=O) groups excluding carboxylic acids is 1. The van der Waals surface area contributed by atoms with Crippen molar-refractivity contribution in [2.45, 2.75) is 32.2 Å². The fourth-order valence-corrected chi connectivity index (χ4v) is 2.69. The number of amides is 1. The first-order valence-electron chi connectivity index (χ1n) is 5.26. The molecule has 5 heteroatoms. The molecule has 15 heavy (non-hydrogen) atoms. The summed E-state index contributed by atoms with van der Waals surface area (Å²) in [5.41, 5.74) is 0. The average molecular weight is 231 g/mol. The maximum Gasteiger partial charge on any atom is 0.326 e. The molecule has 1 unspecified atom stereocenters. The summed E-state index contributed by atoms with van der Waals surface area (Å²) in [6.45, 7) is 1.76. The summed E-state index contributed by atoms with van der Waals surface area (Å²) in [6.07, 6.45) is 2.17. The molecule has 2 N–H and O–H groups in total. The van der Waals surface area contributed by atoms with Crippen LogP contribution in [0.15, 0.2) is 0 Å². The third kappa shape index (κ3) is 3.74. The van der Waals surface area contributed by atoms with E-state index in [9.17, 15) is 9.59 Å². The van der Waals surface area contributed by atoms with Crippen LogP contribution in [0.2, 0.25) is 0 Å². The Hall–Kier alpha value is -0.710. The number of carboxylic acid groups (broad SMARTS) is 1. The van der Waals surface area contributed by atoms with E-state index >= 15 is 0 Å². The zero-order valence-corrected chi connectivity index (χ0v) is 9.68. The zero-order valence-electron chi connectivity index (χ0n) is 8.86. The van der Waals surface area contributed by atoms with Crippen LogP contribution in [0.3, 0.4) is 0 Å². The van der Waals surface area contributed by atoms with Gasteiger partial charge in [-0.25, -0.2) is 4.79 Å². The standard InChI is InChI=1S/C10H17NO3S/c1-2-8(10(13)14)11-9(12)7-3-5-15-6-4-7/h7-8H,2-6H2,1H3,(H,11,12)(H,13,14). The highest BCUT2D eigenvalue weighted by Gasteiger charge is 2.25. The molecular formula is C10H17NO3S. The van der Waals surface area contributed by atoms with Crippen molar-refractivity contribution in [3.8, 4) is 0 Å². The number of carboxylic acids is 1. The highest BCUT2D eigenvalue weighted by Crippen LogP contribution is 2.22. The van der Waals surface area contributed by atoms with Gasteiger partial charge in [0.25, 0.3) is 0 Å². The van der Waals surface area contributed by atoms with E-state index in [0.29, 0.717) is 6.42 Å². The fourth-order valence-electron chi connectivity index (χ4n) is 1.59. The minimum Gasteiger partial charge on any atom is -0.480 e. The van der Waals surface area contributed by atoms with Gasteiger partial charge in [0.2, 0.25) is 5.91 Å². The number of nitrogens with one attached hydrogen (secondary N) is 1. The topological polar surface area (TPSA) is 66.4 Å². The van der Waals surface area contributed by atoms with E-state index in [0.717, 1.165) is 24.3 Å². The second kappa shape index (κ2) is 6.00. The van der Waals surface area contributed by atoms with Gasteiger partial charge >= 0.3 is 5.97 Å². The Morgan fingerprint density at radius 1 is 1.47 bits per heavy atom. The van der Waals surface area contributed by atoms with Crippen LogP contribution in [-0.4, -0.2) is 34.5 Å². The van der Waals surface area contributed by atoms with Crippen LogP contribution in [0, 0.1) is 5.92 Å². The van der Waals surface area contributed by atoms with Gasteiger partial charge in [0, 0.05) is 5.92 Å². The molecule has 1 fully saturated rings. The predicted octanol–water partition coefficient (Wildman–Crippen LogP) is 1.11. The quantitative estimate of drug-likeness (QED) is 0.760. The van der Waals surface area contributed by atoms with Crippen molar-refractivity contribution in [3.63, 3.8) is 0 Å². The second-order valence-electron chi connectivity index (χ2n) is 3.69. The summed E-state index contributed by atoms with van der Waals surface area (Å²) >= 11 is 1.85. The van der Waals surface area contributed by atoms with Gasteiger partial charge in [0.15, 0.2) is 0 Å². The summed E-state index contributed by atoms with van der Waals surface area (Å²) in [6, 6.07) is -0.730. The van der Waals surface area contributed by atoms with Crippen molar-refractivity contribution in [2.24, 2.45) is 5.92 Å².